The van der Waals surface area contributed by atoms with Gasteiger partial charge in [-0.15, -0.1) is 0 Å². The summed E-state index contributed by atoms with van der Waals surface area (Å²) in [6, 6.07) is 17.8. The fourth-order valence-corrected chi connectivity index (χ4v) is 2.59. The Bertz CT molecular complexity index is 728. The third-order valence-corrected chi connectivity index (χ3v) is 3.81. The first-order chi connectivity index (χ1) is 10.6. The Morgan fingerprint density at radius 3 is 2.23 bits per heavy atom. The van der Waals surface area contributed by atoms with Crippen molar-refractivity contribution < 1.29 is 14.7 Å². The van der Waals surface area contributed by atoms with E-state index in [1.807, 2.05) is 30.3 Å². The van der Waals surface area contributed by atoms with E-state index in [1.54, 1.807) is 35.3 Å². The molecule has 0 fully saturated rings. The number of para-hydroxylation sites is 1. The van der Waals surface area contributed by atoms with E-state index in [1.165, 1.54) is 0 Å². The summed E-state index contributed by atoms with van der Waals surface area (Å²) in [6.07, 6.45) is 1.09. The van der Waals surface area contributed by atoms with Crippen molar-refractivity contribution >= 4 is 23.7 Å². The number of anilines is 1. The average Bonchev–Trinajstić information content (AvgIpc) is 2.57. The first kappa shape index (κ1) is 14.0. The summed E-state index contributed by atoms with van der Waals surface area (Å²) < 4.78 is 0. The molecule has 1 unspecified atom stereocenters. The van der Waals surface area contributed by atoms with Gasteiger partial charge in [-0.1, -0.05) is 48.5 Å². The molecule has 0 aliphatic carbocycles. The van der Waals surface area contributed by atoms with E-state index in [0.29, 0.717) is 5.56 Å². The van der Waals surface area contributed by atoms with Gasteiger partial charge in [-0.2, -0.15) is 5.10 Å². The van der Waals surface area contributed by atoms with Gasteiger partial charge in [0.2, 0.25) is 0 Å². The summed E-state index contributed by atoms with van der Waals surface area (Å²) in [7, 11) is 0. The third kappa shape index (κ3) is 2.16. The predicted octanol–water partition coefficient (Wildman–Crippen LogP) is 2.08. The summed E-state index contributed by atoms with van der Waals surface area (Å²) in [6.45, 7) is -0.0360. The number of carboxylic acids is 1. The van der Waals surface area contributed by atoms with Crippen LogP contribution in [0.2, 0.25) is 0 Å². The number of nitrogens with zero attached hydrogens (tertiary/aromatic N) is 2. The van der Waals surface area contributed by atoms with Crippen LogP contribution >= 0.6 is 0 Å². The molecule has 0 spiro atoms. The van der Waals surface area contributed by atoms with E-state index in [0.717, 1.165) is 11.9 Å². The zero-order chi connectivity index (χ0) is 15.6. The molecule has 110 valence electrons. The van der Waals surface area contributed by atoms with Crippen molar-refractivity contribution in [3.05, 3.63) is 66.2 Å². The molecule has 5 heteroatoms. The largest absolute Gasteiger partial charge is 0.480 e. The minimum absolute atomic E-state index is 0.0360. The van der Waals surface area contributed by atoms with Gasteiger partial charge in [-0.3, -0.25) is 14.6 Å². The van der Waals surface area contributed by atoms with Crippen LogP contribution in [0, 0.1) is 0 Å². The Morgan fingerprint density at radius 1 is 1.05 bits per heavy atom. The third-order valence-electron chi connectivity index (χ3n) is 3.81. The standard InChI is InChI=1S/C17H14N2O3/c20-15-11-18-19(14-9-5-2-6-10-14)12-17(15,16(21)22)13-7-3-1-4-8-13/h1-11H,12H2,(H,21,22). The summed E-state index contributed by atoms with van der Waals surface area (Å²) in [5, 5.41) is 15.4. The number of aliphatic carboxylic acids is 1. The van der Waals surface area contributed by atoms with Crippen molar-refractivity contribution in [2.75, 3.05) is 11.6 Å². The molecule has 0 aromatic heterocycles. The minimum Gasteiger partial charge on any atom is -0.480 e. The van der Waals surface area contributed by atoms with Crippen LogP contribution in [0.15, 0.2) is 65.8 Å². The van der Waals surface area contributed by atoms with Crippen LogP contribution in [0.1, 0.15) is 5.56 Å². The molecule has 22 heavy (non-hydrogen) atoms. The molecule has 0 radical (unpaired) electrons. The highest BCUT2D eigenvalue weighted by molar-refractivity contribution is 6.38. The molecule has 1 aliphatic heterocycles. The van der Waals surface area contributed by atoms with Crippen LogP contribution in [0.25, 0.3) is 0 Å². The van der Waals surface area contributed by atoms with E-state index in [2.05, 4.69) is 5.10 Å². The van der Waals surface area contributed by atoms with Gasteiger partial charge in [-0.25, -0.2) is 0 Å². The lowest BCUT2D eigenvalue weighted by Gasteiger charge is -2.35. The lowest BCUT2D eigenvalue weighted by molar-refractivity contribution is -0.146. The molecule has 1 aliphatic rings. The molecule has 0 bridgehead atoms. The summed E-state index contributed by atoms with van der Waals surface area (Å²) >= 11 is 0. The maximum atomic E-state index is 12.4. The van der Waals surface area contributed by atoms with Crippen LogP contribution in [0.5, 0.6) is 0 Å². The second-order valence-electron chi connectivity index (χ2n) is 5.08. The topological polar surface area (TPSA) is 70.0 Å². The smallest absolute Gasteiger partial charge is 0.324 e. The zero-order valence-corrected chi connectivity index (χ0v) is 11.7. The van der Waals surface area contributed by atoms with Crippen molar-refractivity contribution in [1.29, 1.82) is 0 Å². The van der Waals surface area contributed by atoms with Crippen molar-refractivity contribution in [3.63, 3.8) is 0 Å². The summed E-state index contributed by atoms with van der Waals surface area (Å²) in [5.41, 5.74) is -0.439. The number of carbonyl (C=O) groups excluding carboxylic acids is 1. The number of benzene rings is 2. The van der Waals surface area contributed by atoms with Gasteiger partial charge in [-0.05, 0) is 17.7 Å². The monoisotopic (exact) mass is 294 g/mol. The van der Waals surface area contributed by atoms with Gasteiger partial charge in [0.05, 0.1) is 18.4 Å². The number of carboxylic acid groups (broad SMARTS) is 1. The number of Topliss-reactive ketones (excluding diaryl/α,β-unsaturated/α-hetero) is 1. The normalized spacial score (nSPS) is 20.9. The van der Waals surface area contributed by atoms with Crippen LogP contribution in [0.3, 0.4) is 0 Å². The molecule has 2 aromatic rings. The van der Waals surface area contributed by atoms with Gasteiger partial charge >= 0.3 is 5.97 Å². The van der Waals surface area contributed by atoms with Crippen LogP contribution in [-0.4, -0.2) is 29.6 Å². The quantitative estimate of drug-likeness (QED) is 0.880. The molecule has 1 heterocycles. The highest BCUT2D eigenvalue weighted by Gasteiger charge is 2.50. The fourth-order valence-electron chi connectivity index (χ4n) is 2.59. The number of ketones is 1. The van der Waals surface area contributed by atoms with Crippen molar-refractivity contribution in [1.82, 2.24) is 0 Å². The lowest BCUT2D eigenvalue weighted by atomic mass is 9.76. The number of hydrazone groups is 1. The van der Waals surface area contributed by atoms with Gasteiger partial charge < -0.3 is 5.11 Å². The van der Waals surface area contributed by atoms with E-state index in [4.69, 9.17) is 0 Å². The Labute approximate surface area is 127 Å². The fraction of sp³-hybridized carbons (Fsp3) is 0.118. The van der Waals surface area contributed by atoms with Gasteiger partial charge in [0.25, 0.3) is 0 Å². The lowest BCUT2D eigenvalue weighted by Crippen LogP contribution is -2.54. The molecule has 0 saturated heterocycles. The number of carbonyl (C=O) groups is 2. The first-order valence-corrected chi connectivity index (χ1v) is 6.84. The summed E-state index contributed by atoms with van der Waals surface area (Å²) in [4.78, 5) is 24.3. The van der Waals surface area contributed by atoms with Crippen molar-refractivity contribution in [3.8, 4) is 0 Å². The summed E-state index contributed by atoms with van der Waals surface area (Å²) in [5.74, 6) is -1.69. The average molecular weight is 294 g/mol. The molecular formula is C17H14N2O3. The zero-order valence-electron chi connectivity index (χ0n) is 11.7. The number of rotatable bonds is 3. The highest BCUT2D eigenvalue weighted by atomic mass is 16.4. The first-order valence-electron chi connectivity index (χ1n) is 6.84. The maximum absolute atomic E-state index is 12.4. The SMILES string of the molecule is O=C(O)C1(c2ccccc2)CN(c2ccccc2)N=CC1=O. The number of hydrogen-bond acceptors (Lipinski definition) is 4. The molecule has 1 atom stereocenters. The second kappa shape index (κ2) is 5.44. The van der Waals surface area contributed by atoms with Crippen LogP contribution < -0.4 is 5.01 Å². The van der Waals surface area contributed by atoms with Crippen molar-refractivity contribution in [2.24, 2.45) is 5.10 Å². The molecule has 0 amide bonds. The van der Waals surface area contributed by atoms with Gasteiger partial charge in [0, 0.05) is 0 Å². The van der Waals surface area contributed by atoms with Gasteiger partial charge in [0.15, 0.2) is 11.2 Å². The van der Waals surface area contributed by atoms with Crippen LogP contribution in [0.4, 0.5) is 5.69 Å². The van der Waals surface area contributed by atoms with Crippen LogP contribution in [-0.2, 0) is 15.0 Å². The molecule has 1 N–H and O–H groups in total. The van der Waals surface area contributed by atoms with Gasteiger partial charge in [0.1, 0.15) is 0 Å². The highest BCUT2D eigenvalue weighted by Crippen LogP contribution is 2.31. The second-order valence-corrected chi connectivity index (χ2v) is 5.08. The predicted molar refractivity (Wildman–Crippen MR) is 83.0 cm³/mol. The Kier molecular flexibility index (Phi) is 3.47. The van der Waals surface area contributed by atoms with E-state index >= 15 is 0 Å². The van der Waals surface area contributed by atoms with E-state index in [-0.39, 0.29) is 6.54 Å². The minimum atomic E-state index is -1.64. The van der Waals surface area contributed by atoms with E-state index in [9.17, 15) is 14.7 Å². The van der Waals surface area contributed by atoms with Crippen molar-refractivity contribution in [2.45, 2.75) is 5.41 Å². The molecule has 5 nitrogen and oxygen atoms in total. The molecule has 0 saturated carbocycles. The maximum Gasteiger partial charge on any atom is 0.324 e. The van der Waals surface area contributed by atoms with E-state index < -0.39 is 17.2 Å². The Morgan fingerprint density at radius 2 is 1.64 bits per heavy atom. The molecule has 2 aromatic carbocycles. The Balaban J connectivity index is 2.09. The number of hydrogen-bond donors (Lipinski definition) is 1. The molecule has 3 rings (SSSR count). The molecular weight excluding hydrogens is 280 g/mol. The Hall–Kier alpha value is -2.95.